The Hall–Kier alpha value is -2.28. The number of aromatic nitrogens is 1. The zero-order chi connectivity index (χ0) is 19.1. The number of guanidine groups is 1. The number of aliphatic imine (C=N–C) groups is 1. The van der Waals surface area contributed by atoms with Gasteiger partial charge in [0.25, 0.3) is 0 Å². The van der Waals surface area contributed by atoms with Gasteiger partial charge < -0.3 is 19.9 Å². The monoisotopic (exact) mass is 387 g/mol. The van der Waals surface area contributed by atoms with Gasteiger partial charge in [0.2, 0.25) is 0 Å². The lowest BCUT2D eigenvalue weighted by atomic mass is 10.2. The van der Waals surface area contributed by atoms with Gasteiger partial charge in [-0.25, -0.2) is 4.98 Å². The molecule has 1 N–H and O–H groups in total. The van der Waals surface area contributed by atoms with Crippen LogP contribution in [0.2, 0.25) is 0 Å². The summed E-state index contributed by atoms with van der Waals surface area (Å²) in [6, 6.07) is 8.28. The maximum absolute atomic E-state index is 5.35. The molecule has 6 nitrogen and oxygen atoms in total. The summed E-state index contributed by atoms with van der Waals surface area (Å²) in [5.41, 5.74) is 1.22. The van der Waals surface area contributed by atoms with Crippen molar-refractivity contribution in [2.45, 2.75) is 20.3 Å². The lowest BCUT2D eigenvalue weighted by molar-refractivity contribution is 0.372. The Morgan fingerprint density at radius 3 is 2.78 bits per heavy atom. The molecule has 2 aromatic rings. The zero-order valence-electron chi connectivity index (χ0n) is 16.4. The van der Waals surface area contributed by atoms with Crippen molar-refractivity contribution in [2.75, 3.05) is 51.3 Å². The van der Waals surface area contributed by atoms with Crippen LogP contribution < -0.4 is 15.0 Å². The minimum Gasteiger partial charge on any atom is -0.497 e. The summed E-state index contributed by atoms with van der Waals surface area (Å²) in [5.74, 6) is 1.92. The van der Waals surface area contributed by atoms with Gasteiger partial charge >= 0.3 is 0 Å². The van der Waals surface area contributed by atoms with Crippen molar-refractivity contribution in [1.82, 2.24) is 15.2 Å². The highest BCUT2D eigenvalue weighted by Gasteiger charge is 2.20. The van der Waals surface area contributed by atoms with Crippen molar-refractivity contribution in [1.29, 1.82) is 0 Å². The van der Waals surface area contributed by atoms with E-state index in [4.69, 9.17) is 9.73 Å². The fourth-order valence-electron chi connectivity index (χ4n) is 3.18. The van der Waals surface area contributed by atoms with E-state index in [1.807, 2.05) is 18.3 Å². The molecule has 7 heteroatoms. The quantitative estimate of drug-likeness (QED) is 0.610. The highest BCUT2D eigenvalue weighted by molar-refractivity contribution is 7.11. The lowest BCUT2D eigenvalue weighted by Gasteiger charge is -2.37. The van der Waals surface area contributed by atoms with Crippen LogP contribution in [0.5, 0.6) is 5.75 Å². The first kappa shape index (κ1) is 19.5. The van der Waals surface area contributed by atoms with Crippen LogP contribution >= 0.6 is 11.3 Å². The van der Waals surface area contributed by atoms with Crippen LogP contribution in [0.1, 0.15) is 16.8 Å². The fourth-order valence-corrected chi connectivity index (χ4v) is 3.96. The molecule has 1 aromatic carbocycles. The van der Waals surface area contributed by atoms with E-state index in [1.54, 1.807) is 18.4 Å². The van der Waals surface area contributed by atoms with Crippen LogP contribution in [0.15, 0.2) is 35.5 Å². The van der Waals surface area contributed by atoms with E-state index in [-0.39, 0.29) is 0 Å². The average molecular weight is 388 g/mol. The van der Waals surface area contributed by atoms with Crippen LogP contribution in [0.4, 0.5) is 5.69 Å². The Morgan fingerprint density at radius 1 is 1.30 bits per heavy atom. The largest absolute Gasteiger partial charge is 0.497 e. The van der Waals surface area contributed by atoms with Crippen LogP contribution in [0.3, 0.4) is 0 Å². The average Bonchev–Trinajstić information content (AvgIpc) is 3.12. The number of nitrogens with one attached hydrogen (secondary N) is 1. The molecule has 0 unspecified atom stereocenters. The highest BCUT2D eigenvalue weighted by atomic mass is 32.1. The van der Waals surface area contributed by atoms with Gasteiger partial charge in [-0.15, -0.1) is 11.3 Å². The molecule has 0 bridgehead atoms. The molecule has 146 valence electrons. The molecular weight excluding hydrogens is 358 g/mol. The van der Waals surface area contributed by atoms with Gasteiger partial charge in [0.05, 0.1) is 12.1 Å². The number of benzene rings is 1. The first-order valence-corrected chi connectivity index (χ1v) is 10.3. The molecule has 3 rings (SSSR count). The predicted molar refractivity (Wildman–Crippen MR) is 113 cm³/mol. The molecular formula is C20H29N5OS. The van der Waals surface area contributed by atoms with Crippen molar-refractivity contribution in [3.05, 3.63) is 40.3 Å². The molecule has 0 aliphatic carbocycles. The first-order valence-electron chi connectivity index (χ1n) is 9.53. The number of hydrogen-bond acceptors (Lipinski definition) is 5. The Bertz CT molecular complexity index is 752. The van der Waals surface area contributed by atoms with Crippen molar-refractivity contribution in [3.8, 4) is 5.75 Å². The van der Waals surface area contributed by atoms with Gasteiger partial charge in [-0.2, -0.15) is 0 Å². The van der Waals surface area contributed by atoms with Gasteiger partial charge in [0.1, 0.15) is 5.75 Å². The SMILES string of the molecule is CCNC(=NCCc1ncc(C)s1)N1CCN(c2cccc(OC)c2)CC1. The lowest BCUT2D eigenvalue weighted by Crippen LogP contribution is -2.52. The number of aryl methyl sites for hydroxylation is 1. The molecule has 1 saturated heterocycles. The Labute approximate surface area is 165 Å². The number of methoxy groups -OCH3 is 1. The second-order valence-electron chi connectivity index (χ2n) is 6.53. The van der Waals surface area contributed by atoms with Gasteiger partial charge in [0.15, 0.2) is 5.96 Å². The second-order valence-corrected chi connectivity index (χ2v) is 7.85. The Kier molecular flexibility index (Phi) is 6.92. The van der Waals surface area contributed by atoms with E-state index in [0.717, 1.165) is 62.4 Å². The number of piperazine rings is 1. The third kappa shape index (κ3) is 5.35. The summed E-state index contributed by atoms with van der Waals surface area (Å²) in [4.78, 5) is 15.3. The van der Waals surface area contributed by atoms with Gasteiger partial charge in [0, 0.05) is 68.5 Å². The summed E-state index contributed by atoms with van der Waals surface area (Å²) in [6.07, 6.45) is 2.84. The molecule has 0 amide bonds. The Balaban J connectivity index is 1.56. The van der Waals surface area contributed by atoms with Crippen molar-refractivity contribution >= 4 is 23.0 Å². The van der Waals surface area contributed by atoms with Crippen LogP contribution in [-0.2, 0) is 6.42 Å². The third-order valence-electron chi connectivity index (χ3n) is 4.59. The molecule has 0 radical (unpaired) electrons. The Morgan fingerprint density at radius 2 is 2.11 bits per heavy atom. The summed E-state index contributed by atoms with van der Waals surface area (Å²) in [7, 11) is 1.71. The predicted octanol–water partition coefficient (Wildman–Crippen LogP) is 2.79. The summed E-state index contributed by atoms with van der Waals surface area (Å²) in [6.45, 7) is 9.73. The van der Waals surface area contributed by atoms with Crippen LogP contribution in [-0.4, -0.2) is 62.2 Å². The van der Waals surface area contributed by atoms with Crippen molar-refractivity contribution in [2.24, 2.45) is 4.99 Å². The number of anilines is 1. The standard InChI is InChI=1S/C20H29N5OS/c1-4-21-20(22-9-8-19-23-15-16(2)27-19)25-12-10-24(11-13-25)17-6-5-7-18(14-17)26-3/h5-7,14-15H,4,8-13H2,1-3H3,(H,21,22). The molecule has 1 aliphatic rings. The van der Waals surface area contributed by atoms with E-state index in [1.165, 1.54) is 10.6 Å². The smallest absolute Gasteiger partial charge is 0.194 e. The summed E-state index contributed by atoms with van der Waals surface area (Å²) < 4.78 is 5.35. The number of ether oxygens (including phenoxy) is 1. The summed E-state index contributed by atoms with van der Waals surface area (Å²) in [5, 5.41) is 4.60. The molecule has 1 aromatic heterocycles. The van der Waals surface area contributed by atoms with Gasteiger partial charge in [-0.05, 0) is 26.0 Å². The summed E-state index contributed by atoms with van der Waals surface area (Å²) >= 11 is 1.76. The van der Waals surface area contributed by atoms with Crippen molar-refractivity contribution < 1.29 is 4.74 Å². The molecule has 27 heavy (non-hydrogen) atoms. The minimum atomic E-state index is 0.769. The van der Waals surface area contributed by atoms with Gasteiger partial charge in [-0.1, -0.05) is 6.07 Å². The topological polar surface area (TPSA) is 53.0 Å². The number of rotatable bonds is 6. The maximum Gasteiger partial charge on any atom is 0.194 e. The van der Waals surface area contributed by atoms with Crippen LogP contribution in [0.25, 0.3) is 0 Å². The molecule has 2 heterocycles. The van der Waals surface area contributed by atoms with E-state index in [0.29, 0.717) is 0 Å². The zero-order valence-corrected chi connectivity index (χ0v) is 17.3. The van der Waals surface area contributed by atoms with Crippen LogP contribution in [0, 0.1) is 6.92 Å². The number of hydrogen-bond donors (Lipinski definition) is 1. The van der Waals surface area contributed by atoms with Crippen molar-refractivity contribution in [3.63, 3.8) is 0 Å². The second kappa shape index (κ2) is 9.60. The molecule has 0 atom stereocenters. The molecule has 0 saturated carbocycles. The maximum atomic E-state index is 5.35. The van der Waals surface area contributed by atoms with E-state index in [9.17, 15) is 0 Å². The molecule has 1 fully saturated rings. The third-order valence-corrected chi connectivity index (χ3v) is 5.56. The van der Waals surface area contributed by atoms with E-state index in [2.05, 4.69) is 46.1 Å². The molecule has 1 aliphatic heterocycles. The highest BCUT2D eigenvalue weighted by Crippen LogP contribution is 2.22. The normalized spacial score (nSPS) is 15.1. The van der Waals surface area contributed by atoms with E-state index >= 15 is 0 Å². The number of nitrogens with zero attached hydrogens (tertiary/aromatic N) is 4. The van der Waals surface area contributed by atoms with E-state index < -0.39 is 0 Å². The molecule has 0 spiro atoms. The first-order chi connectivity index (χ1) is 13.2. The minimum absolute atomic E-state index is 0.769. The van der Waals surface area contributed by atoms with Gasteiger partial charge in [-0.3, -0.25) is 4.99 Å². The fraction of sp³-hybridized carbons (Fsp3) is 0.500. The number of thiazole rings is 1.